The van der Waals surface area contributed by atoms with Crippen molar-refractivity contribution in [1.29, 1.82) is 0 Å². The van der Waals surface area contributed by atoms with Crippen LogP contribution in [0.4, 0.5) is 0 Å². The predicted octanol–water partition coefficient (Wildman–Crippen LogP) is 1.41. The number of likely N-dealkylation sites (tertiary alicyclic amines) is 1. The molecule has 20 heavy (non-hydrogen) atoms. The second kappa shape index (κ2) is 5.20. The maximum absolute atomic E-state index is 11.7. The minimum absolute atomic E-state index is 0.0219. The Labute approximate surface area is 117 Å². The van der Waals surface area contributed by atoms with Crippen LogP contribution in [0.1, 0.15) is 36.2 Å². The van der Waals surface area contributed by atoms with E-state index >= 15 is 0 Å². The van der Waals surface area contributed by atoms with Crippen LogP contribution in [-0.4, -0.2) is 26.2 Å². The lowest BCUT2D eigenvalue weighted by Crippen LogP contribution is -2.25. The zero-order valence-electron chi connectivity index (χ0n) is 11.7. The van der Waals surface area contributed by atoms with Gasteiger partial charge >= 0.3 is 0 Å². The van der Waals surface area contributed by atoms with Crippen molar-refractivity contribution in [2.75, 3.05) is 6.54 Å². The molecular formula is C14H18N4O2. The van der Waals surface area contributed by atoms with E-state index in [1.165, 1.54) is 0 Å². The highest BCUT2D eigenvalue weighted by Crippen LogP contribution is 2.31. The summed E-state index contributed by atoms with van der Waals surface area (Å²) in [6.45, 7) is 3.54. The van der Waals surface area contributed by atoms with Gasteiger partial charge in [0.1, 0.15) is 0 Å². The lowest BCUT2D eigenvalue weighted by atomic mass is 10.2. The third kappa shape index (κ3) is 2.51. The van der Waals surface area contributed by atoms with Crippen LogP contribution in [0.3, 0.4) is 0 Å². The van der Waals surface area contributed by atoms with Crippen molar-refractivity contribution in [3.63, 3.8) is 0 Å². The molecular weight excluding hydrogens is 256 g/mol. The van der Waals surface area contributed by atoms with Gasteiger partial charge in [-0.25, -0.2) is 0 Å². The van der Waals surface area contributed by atoms with Gasteiger partial charge in [0, 0.05) is 32.8 Å². The number of aromatic nitrogens is 3. The molecule has 1 aliphatic heterocycles. The minimum Gasteiger partial charge on any atom is -0.340 e. The first-order valence-corrected chi connectivity index (χ1v) is 6.83. The Hall–Kier alpha value is -1.95. The maximum Gasteiger partial charge on any atom is 0.250 e. The first-order chi connectivity index (χ1) is 9.63. The van der Waals surface area contributed by atoms with Crippen molar-refractivity contribution in [3.05, 3.63) is 46.0 Å². The lowest BCUT2D eigenvalue weighted by molar-refractivity contribution is 0.234. The molecule has 0 N–H and O–H groups in total. The summed E-state index contributed by atoms with van der Waals surface area (Å²) in [6.07, 6.45) is 3.95. The van der Waals surface area contributed by atoms with Crippen molar-refractivity contribution in [2.24, 2.45) is 7.05 Å². The van der Waals surface area contributed by atoms with Crippen molar-refractivity contribution >= 4 is 0 Å². The van der Waals surface area contributed by atoms with E-state index in [1.54, 1.807) is 30.8 Å². The maximum atomic E-state index is 11.7. The fourth-order valence-electron chi connectivity index (χ4n) is 2.68. The molecule has 106 valence electrons. The lowest BCUT2D eigenvalue weighted by Gasteiger charge is -2.21. The van der Waals surface area contributed by atoms with Crippen LogP contribution in [0.5, 0.6) is 0 Å². The molecule has 6 heteroatoms. The van der Waals surface area contributed by atoms with Gasteiger partial charge in [-0.2, -0.15) is 4.98 Å². The number of hydrogen-bond donors (Lipinski definition) is 0. The summed E-state index contributed by atoms with van der Waals surface area (Å²) in [5.74, 6) is 1.35. The van der Waals surface area contributed by atoms with Gasteiger partial charge < -0.3 is 9.09 Å². The molecule has 1 atom stereocenters. The zero-order valence-corrected chi connectivity index (χ0v) is 11.7. The van der Waals surface area contributed by atoms with Crippen LogP contribution < -0.4 is 5.56 Å². The van der Waals surface area contributed by atoms with E-state index in [-0.39, 0.29) is 11.6 Å². The number of pyridine rings is 1. The SMILES string of the molecule is Cc1nc(C2CCCN2Cc2ccn(C)c(=O)c2)no1. The molecule has 1 fully saturated rings. The molecule has 0 amide bonds. The average molecular weight is 274 g/mol. The largest absolute Gasteiger partial charge is 0.340 e. The third-order valence-corrected chi connectivity index (χ3v) is 3.76. The van der Waals surface area contributed by atoms with Gasteiger partial charge in [-0.15, -0.1) is 0 Å². The predicted molar refractivity (Wildman–Crippen MR) is 73.1 cm³/mol. The molecule has 0 bridgehead atoms. The van der Waals surface area contributed by atoms with Crippen molar-refractivity contribution in [2.45, 2.75) is 32.4 Å². The smallest absolute Gasteiger partial charge is 0.250 e. The summed E-state index contributed by atoms with van der Waals surface area (Å²) in [6, 6.07) is 3.87. The molecule has 0 radical (unpaired) electrons. The Morgan fingerprint density at radius 3 is 3.05 bits per heavy atom. The van der Waals surface area contributed by atoms with E-state index < -0.39 is 0 Å². The van der Waals surface area contributed by atoms with Crippen molar-refractivity contribution < 1.29 is 4.52 Å². The number of aryl methyl sites for hydroxylation is 2. The fraction of sp³-hybridized carbons (Fsp3) is 0.500. The molecule has 1 unspecified atom stereocenters. The summed E-state index contributed by atoms with van der Waals surface area (Å²) >= 11 is 0. The van der Waals surface area contributed by atoms with Gasteiger partial charge in [0.2, 0.25) is 5.89 Å². The van der Waals surface area contributed by atoms with Crippen molar-refractivity contribution in [3.8, 4) is 0 Å². The monoisotopic (exact) mass is 274 g/mol. The van der Waals surface area contributed by atoms with Gasteiger partial charge in [0.25, 0.3) is 5.56 Å². The van der Waals surface area contributed by atoms with Crippen LogP contribution in [0.15, 0.2) is 27.6 Å². The molecule has 0 aromatic carbocycles. The number of hydrogen-bond acceptors (Lipinski definition) is 5. The normalized spacial score (nSPS) is 19.6. The first-order valence-electron chi connectivity index (χ1n) is 6.83. The van der Waals surface area contributed by atoms with E-state index in [1.807, 2.05) is 6.07 Å². The van der Waals surface area contributed by atoms with Gasteiger partial charge in [-0.05, 0) is 31.0 Å². The molecule has 0 spiro atoms. The zero-order chi connectivity index (χ0) is 14.1. The molecule has 0 saturated carbocycles. The van der Waals surface area contributed by atoms with E-state index in [4.69, 9.17) is 4.52 Å². The van der Waals surface area contributed by atoms with Gasteiger partial charge in [0.15, 0.2) is 5.82 Å². The Bertz CT molecular complexity index is 661. The highest BCUT2D eigenvalue weighted by molar-refractivity contribution is 5.12. The van der Waals surface area contributed by atoms with Gasteiger partial charge in [-0.3, -0.25) is 9.69 Å². The summed E-state index contributed by atoms with van der Waals surface area (Å²) in [5, 5.41) is 4.03. The Morgan fingerprint density at radius 2 is 2.35 bits per heavy atom. The highest BCUT2D eigenvalue weighted by atomic mass is 16.5. The van der Waals surface area contributed by atoms with E-state index in [2.05, 4.69) is 15.0 Å². The van der Waals surface area contributed by atoms with Crippen LogP contribution >= 0.6 is 0 Å². The second-order valence-electron chi connectivity index (χ2n) is 5.28. The summed E-state index contributed by atoms with van der Waals surface area (Å²) in [4.78, 5) is 18.3. The van der Waals surface area contributed by atoms with E-state index in [9.17, 15) is 4.79 Å². The van der Waals surface area contributed by atoms with Crippen LogP contribution in [0.2, 0.25) is 0 Å². The molecule has 1 aliphatic rings. The molecule has 3 heterocycles. The molecule has 6 nitrogen and oxygen atoms in total. The molecule has 3 rings (SSSR count). The third-order valence-electron chi connectivity index (χ3n) is 3.76. The Kier molecular flexibility index (Phi) is 3.40. The molecule has 2 aromatic rings. The van der Waals surface area contributed by atoms with Crippen LogP contribution in [-0.2, 0) is 13.6 Å². The Morgan fingerprint density at radius 1 is 1.50 bits per heavy atom. The minimum atomic E-state index is 0.0219. The topological polar surface area (TPSA) is 64.2 Å². The molecule has 0 aliphatic carbocycles. The van der Waals surface area contributed by atoms with Crippen LogP contribution in [0.25, 0.3) is 0 Å². The first kappa shape index (κ1) is 13.1. The molecule has 1 saturated heterocycles. The summed E-state index contributed by atoms with van der Waals surface area (Å²) in [7, 11) is 1.76. The average Bonchev–Trinajstić information content (AvgIpc) is 3.03. The van der Waals surface area contributed by atoms with Crippen LogP contribution in [0, 0.1) is 6.92 Å². The van der Waals surface area contributed by atoms with E-state index in [0.717, 1.165) is 37.3 Å². The highest BCUT2D eigenvalue weighted by Gasteiger charge is 2.29. The van der Waals surface area contributed by atoms with E-state index in [0.29, 0.717) is 5.89 Å². The number of nitrogens with zero attached hydrogens (tertiary/aromatic N) is 4. The second-order valence-corrected chi connectivity index (χ2v) is 5.28. The summed E-state index contributed by atoms with van der Waals surface area (Å²) in [5.41, 5.74) is 1.05. The summed E-state index contributed by atoms with van der Waals surface area (Å²) < 4.78 is 6.65. The fourth-order valence-corrected chi connectivity index (χ4v) is 2.68. The quantitative estimate of drug-likeness (QED) is 0.847. The molecule has 2 aromatic heterocycles. The number of rotatable bonds is 3. The van der Waals surface area contributed by atoms with Gasteiger partial charge in [-0.1, -0.05) is 5.16 Å². The standard InChI is InChI=1S/C14H18N4O2/c1-10-15-14(16-20-10)12-4-3-6-18(12)9-11-5-7-17(2)13(19)8-11/h5,7-8,12H,3-4,6,9H2,1-2H3. The van der Waals surface area contributed by atoms with Crippen molar-refractivity contribution in [1.82, 2.24) is 19.6 Å². The Balaban J connectivity index is 1.79. The van der Waals surface area contributed by atoms with Gasteiger partial charge in [0.05, 0.1) is 6.04 Å².